The average molecular weight is 322 g/mol. The Labute approximate surface area is 124 Å². The molecule has 0 bridgehead atoms. The number of ether oxygens (including phenoxy) is 1. The molecule has 1 aliphatic heterocycles. The summed E-state index contributed by atoms with van der Waals surface area (Å²) in [6.45, 7) is -0.671. The Bertz CT molecular complexity index is 425. The lowest BCUT2D eigenvalue weighted by atomic mass is 10.2. The number of carboxylic acids is 2. The van der Waals surface area contributed by atoms with E-state index in [0.29, 0.717) is 12.8 Å². The molecule has 126 valence electrons. The summed E-state index contributed by atoms with van der Waals surface area (Å²) < 4.78 is 4.32. The summed E-state index contributed by atoms with van der Waals surface area (Å²) in [4.78, 5) is 30.3. The molecule has 22 heavy (non-hydrogen) atoms. The Kier molecular flexibility index (Phi) is 8.56. The van der Waals surface area contributed by atoms with Gasteiger partial charge in [0.2, 0.25) is 5.76 Å². The Morgan fingerprint density at radius 3 is 1.82 bits per heavy atom. The van der Waals surface area contributed by atoms with Crippen LogP contribution in [0.1, 0.15) is 25.7 Å². The fourth-order valence-corrected chi connectivity index (χ4v) is 1.38. The number of carbonyl (C=O) groups is 3. The number of aliphatic carboxylic acids is 2. The molecule has 1 aliphatic rings. The van der Waals surface area contributed by atoms with E-state index in [4.69, 9.17) is 30.6 Å². The van der Waals surface area contributed by atoms with Crippen molar-refractivity contribution in [3.8, 4) is 0 Å². The van der Waals surface area contributed by atoms with Gasteiger partial charge in [0, 0.05) is 12.8 Å². The fraction of sp³-hybridized carbons (Fsp3) is 0.583. The maximum Gasteiger partial charge on any atom is 0.377 e. The Morgan fingerprint density at radius 2 is 1.55 bits per heavy atom. The van der Waals surface area contributed by atoms with E-state index in [1.54, 1.807) is 0 Å². The van der Waals surface area contributed by atoms with Crippen molar-refractivity contribution in [2.45, 2.75) is 37.9 Å². The van der Waals surface area contributed by atoms with Gasteiger partial charge in [0.15, 0.2) is 11.9 Å². The van der Waals surface area contributed by atoms with E-state index in [1.807, 2.05) is 0 Å². The van der Waals surface area contributed by atoms with Crippen molar-refractivity contribution in [1.29, 1.82) is 0 Å². The Balaban J connectivity index is 0.000000409. The first kappa shape index (κ1) is 19.7. The Morgan fingerprint density at radius 1 is 1.09 bits per heavy atom. The van der Waals surface area contributed by atoms with E-state index in [2.05, 4.69) is 4.74 Å². The molecule has 0 unspecified atom stereocenters. The van der Waals surface area contributed by atoms with Crippen LogP contribution in [0.4, 0.5) is 0 Å². The maximum absolute atomic E-state index is 10.5. The smallest absolute Gasteiger partial charge is 0.377 e. The molecule has 1 rings (SSSR count). The van der Waals surface area contributed by atoms with Gasteiger partial charge in [-0.3, -0.25) is 9.59 Å². The molecule has 0 fully saturated rings. The number of hydrogen-bond donors (Lipinski definition) is 6. The van der Waals surface area contributed by atoms with Gasteiger partial charge >= 0.3 is 17.9 Å². The predicted octanol–water partition coefficient (Wildman–Crippen LogP) is -0.691. The molecule has 0 aromatic heterocycles. The van der Waals surface area contributed by atoms with Crippen molar-refractivity contribution >= 4 is 17.9 Å². The van der Waals surface area contributed by atoms with Crippen molar-refractivity contribution in [3.05, 3.63) is 11.5 Å². The number of carboxylic acid groups (broad SMARTS) is 2. The van der Waals surface area contributed by atoms with Gasteiger partial charge in [-0.25, -0.2) is 4.79 Å². The standard InChI is InChI=1S/C6H8O6.C6H10O4/c7-1-2(8)5-3(9)4(10)6(11)12-5;7-5(8)3-1-2-4-6(9)10/h2,5,7-10H,1H2;1-4H2,(H,7,8)(H,9,10)/t2-,5+;/m0./s1. The topological polar surface area (TPSA) is 182 Å². The maximum atomic E-state index is 10.5. The highest BCUT2D eigenvalue weighted by Gasteiger charge is 2.38. The first-order valence-corrected chi connectivity index (χ1v) is 6.26. The molecule has 6 N–H and O–H groups in total. The van der Waals surface area contributed by atoms with E-state index in [9.17, 15) is 14.4 Å². The number of rotatable bonds is 7. The summed E-state index contributed by atoms with van der Waals surface area (Å²) in [7, 11) is 0. The third-order valence-electron chi connectivity index (χ3n) is 2.51. The molecule has 0 saturated heterocycles. The predicted molar refractivity (Wildman–Crippen MR) is 69.0 cm³/mol. The summed E-state index contributed by atoms with van der Waals surface area (Å²) in [5, 5.41) is 51.3. The number of hydrogen-bond acceptors (Lipinski definition) is 8. The summed E-state index contributed by atoms with van der Waals surface area (Å²) in [5.74, 6) is -4.52. The zero-order valence-electron chi connectivity index (χ0n) is 11.5. The molecule has 2 atom stereocenters. The van der Waals surface area contributed by atoms with Crippen molar-refractivity contribution < 1.29 is 49.8 Å². The monoisotopic (exact) mass is 322 g/mol. The molecule has 0 aromatic rings. The molecule has 0 aliphatic carbocycles. The van der Waals surface area contributed by atoms with Crippen LogP contribution in [0.3, 0.4) is 0 Å². The van der Waals surface area contributed by atoms with Crippen LogP contribution in [0, 0.1) is 0 Å². The quantitative estimate of drug-likeness (QED) is 0.259. The van der Waals surface area contributed by atoms with Crippen LogP contribution in [-0.2, 0) is 19.1 Å². The third kappa shape index (κ3) is 6.90. The molecule has 0 saturated carbocycles. The fourth-order valence-electron chi connectivity index (χ4n) is 1.38. The van der Waals surface area contributed by atoms with E-state index >= 15 is 0 Å². The van der Waals surface area contributed by atoms with Gasteiger partial charge in [-0.2, -0.15) is 0 Å². The second-order valence-corrected chi connectivity index (χ2v) is 4.30. The van der Waals surface area contributed by atoms with Crippen molar-refractivity contribution in [2.24, 2.45) is 0 Å². The molecule has 0 spiro atoms. The lowest BCUT2D eigenvalue weighted by Crippen LogP contribution is -2.31. The third-order valence-corrected chi connectivity index (χ3v) is 2.51. The van der Waals surface area contributed by atoms with Crippen molar-refractivity contribution in [1.82, 2.24) is 0 Å². The van der Waals surface area contributed by atoms with Gasteiger partial charge in [0.05, 0.1) is 6.61 Å². The second kappa shape index (κ2) is 9.58. The van der Waals surface area contributed by atoms with Gasteiger partial charge < -0.3 is 35.4 Å². The summed E-state index contributed by atoms with van der Waals surface area (Å²) >= 11 is 0. The van der Waals surface area contributed by atoms with Crippen LogP contribution in [0.2, 0.25) is 0 Å². The highest BCUT2D eigenvalue weighted by atomic mass is 16.6. The van der Waals surface area contributed by atoms with Crippen LogP contribution < -0.4 is 0 Å². The van der Waals surface area contributed by atoms with Gasteiger partial charge in [0.1, 0.15) is 6.10 Å². The molecule has 0 aromatic carbocycles. The van der Waals surface area contributed by atoms with Gasteiger partial charge in [-0.1, -0.05) is 0 Å². The van der Waals surface area contributed by atoms with Crippen molar-refractivity contribution in [3.63, 3.8) is 0 Å². The minimum atomic E-state index is -1.42. The number of unbranched alkanes of at least 4 members (excludes halogenated alkanes) is 1. The SMILES string of the molecule is O=C(O)CCCCC(=O)O.O=C1O[C@H]([C@@H](O)CO)C(O)=C1O. The second-order valence-electron chi connectivity index (χ2n) is 4.30. The molecular formula is C12H18O10. The van der Waals surface area contributed by atoms with E-state index < -0.39 is 48.2 Å². The molecule has 0 radical (unpaired) electrons. The summed E-state index contributed by atoms with van der Waals surface area (Å²) in [5.41, 5.74) is 0. The van der Waals surface area contributed by atoms with Gasteiger partial charge in [-0.15, -0.1) is 0 Å². The zero-order chi connectivity index (χ0) is 17.3. The number of carbonyl (C=O) groups excluding carboxylic acids is 1. The van der Waals surface area contributed by atoms with Crippen LogP contribution >= 0.6 is 0 Å². The normalized spacial score (nSPS) is 18.3. The van der Waals surface area contributed by atoms with Crippen LogP contribution in [0.15, 0.2) is 11.5 Å². The minimum Gasteiger partial charge on any atom is -0.505 e. The highest BCUT2D eigenvalue weighted by Crippen LogP contribution is 2.20. The lowest BCUT2D eigenvalue weighted by Gasteiger charge is -2.13. The molecular weight excluding hydrogens is 304 g/mol. The number of aliphatic hydroxyl groups excluding tert-OH is 4. The zero-order valence-corrected chi connectivity index (χ0v) is 11.5. The van der Waals surface area contributed by atoms with E-state index in [-0.39, 0.29) is 12.8 Å². The molecule has 10 nitrogen and oxygen atoms in total. The van der Waals surface area contributed by atoms with Gasteiger partial charge in [-0.05, 0) is 12.8 Å². The van der Waals surface area contributed by atoms with Crippen LogP contribution in [-0.4, -0.2) is 67.4 Å². The lowest BCUT2D eigenvalue weighted by molar-refractivity contribution is -0.147. The number of cyclic esters (lactones) is 1. The van der Waals surface area contributed by atoms with E-state index in [0.717, 1.165) is 0 Å². The highest BCUT2D eigenvalue weighted by molar-refractivity contribution is 5.89. The van der Waals surface area contributed by atoms with Crippen molar-refractivity contribution in [2.75, 3.05) is 6.61 Å². The average Bonchev–Trinajstić information content (AvgIpc) is 2.71. The number of esters is 1. The molecule has 10 heteroatoms. The summed E-state index contributed by atoms with van der Waals surface area (Å²) in [6, 6.07) is 0. The summed E-state index contributed by atoms with van der Waals surface area (Å²) in [6.07, 6.45) is -1.76. The molecule has 0 amide bonds. The van der Waals surface area contributed by atoms with Gasteiger partial charge in [0.25, 0.3) is 0 Å². The van der Waals surface area contributed by atoms with Crippen LogP contribution in [0.25, 0.3) is 0 Å². The van der Waals surface area contributed by atoms with E-state index in [1.165, 1.54) is 0 Å². The first-order chi connectivity index (χ1) is 10.2. The number of aliphatic hydroxyl groups is 4. The Hall–Kier alpha value is -2.33. The van der Waals surface area contributed by atoms with Crippen LogP contribution in [0.5, 0.6) is 0 Å². The largest absolute Gasteiger partial charge is 0.505 e. The first-order valence-electron chi connectivity index (χ1n) is 6.26. The molecule has 1 heterocycles. The minimum absolute atomic E-state index is 0.0628.